The second kappa shape index (κ2) is 9.31. The second-order valence-corrected chi connectivity index (χ2v) is 8.54. The van der Waals surface area contributed by atoms with Gasteiger partial charge in [-0.1, -0.05) is 37.0 Å². The summed E-state index contributed by atoms with van der Waals surface area (Å²) >= 11 is 12.3. The number of aromatic nitrogens is 1. The molecule has 0 radical (unpaired) electrons. The molecule has 0 spiro atoms. The van der Waals surface area contributed by atoms with Gasteiger partial charge in [-0.25, -0.2) is 9.37 Å². The van der Waals surface area contributed by atoms with Crippen molar-refractivity contribution in [3.05, 3.63) is 45.8 Å². The first-order valence-electron chi connectivity index (χ1n) is 9.84. The number of benzene rings is 1. The lowest BCUT2D eigenvalue weighted by atomic mass is 9.80. The summed E-state index contributed by atoms with van der Waals surface area (Å²) in [5, 5.41) is 0.209. The highest BCUT2D eigenvalue weighted by atomic mass is 35.5. The second-order valence-electron chi connectivity index (χ2n) is 7.76. The summed E-state index contributed by atoms with van der Waals surface area (Å²) in [7, 11) is -0.614. The zero-order valence-corrected chi connectivity index (χ0v) is 19.9. The van der Waals surface area contributed by atoms with Crippen LogP contribution < -0.4 is 15.9 Å². The predicted molar refractivity (Wildman–Crippen MR) is 121 cm³/mol. The Balaban J connectivity index is 0.00000155. The summed E-state index contributed by atoms with van der Waals surface area (Å²) in [5.41, 5.74) is 5.98. The number of nitrogens with two attached hydrogens (primary N) is 1. The van der Waals surface area contributed by atoms with E-state index in [1.54, 1.807) is 19.2 Å². The Bertz CT molecular complexity index is 896. The molecule has 5 nitrogen and oxygen atoms in total. The van der Waals surface area contributed by atoms with E-state index in [9.17, 15) is 4.39 Å². The monoisotopic (exact) mass is 456 g/mol. The van der Waals surface area contributed by atoms with Gasteiger partial charge in [0.1, 0.15) is 11.9 Å². The number of hydrogen-bond acceptors (Lipinski definition) is 5. The maximum Gasteiger partial charge on any atom is 0.496 e. The van der Waals surface area contributed by atoms with Gasteiger partial charge in [0.2, 0.25) is 0 Å². The third-order valence-corrected chi connectivity index (χ3v) is 5.93. The molecule has 1 atom stereocenters. The van der Waals surface area contributed by atoms with Crippen LogP contribution in [-0.2, 0) is 9.31 Å². The number of rotatable bonds is 4. The molecular formula is C21H28BCl2FN2O3. The average Bonchev–Trinajstić information content (AvgIpc) is 2.89. The van der Waals surface area contributed by atoms with Crippen LogP contribution in [0.5, 0.6) is 5.75 Å². The van der Waals surface area contributed by atoms with Crippen molar-refractivity contribution in [3.63, 3.8) is 0 Å². The van der Waals surface area contributed by atoms with Gasteiger partial charge in [0.05, 0.1) is 16.2 Å². The van der Waals surface area contributed by atoms with Gasteiger partial charge in [0.25, 0.3) is 0 Å². The van der Waals surface area contributed by atoms with Crippen molar-refractivity contribution in [2.75, 3.05) is 5.73 Å². The largest absolute Gasteiger partial charge is 0.496 e. The van der Waals surface area contributed by atoms with E-state index in [-0.39, 0.29) is 10.8 Å². The molecule has 0 bridgehead atoms. The van der Waals surface area contributed by atoms with Crippen LogP contribution >= 0.6 is 23.2 Å². The van der Waals surface area contributed by atoms with Crippen molar-refractivity contribution in [3.8, 4) is 5.75 Å². The molecule has 0 amide bonds. The Kier molecular flexibility index (Phi) is 7.67. The summed E-state index contributed by atoms with van der Waals surface area (Å²) in [6.45, 7) is 13.6. The minimum Gasteiger partial charge on any atom is -0.482 e. The molecule has 9 heteroatoms. The Morgan fingerprint density at radius 2 is 1.70 bits per heavy atom. The first-order valence-corrected chi connectivity index (χ1v) is 10.6. The Labute approximate surface area is 188 Å². The molecule has 1 aromatic carbocycles. The molecule has 1 saturated heterocycles. The third-order valence-electron chi connectivity index (χ3n) is 5.22. The van der Waals surface area contributed by atoms with Crippen molar-refractivity contribution in [2.45, 2.75) is 65.8 Å². The Morgan fingerprint density at radius 1 is 1.13 bits per heavy atom. The summed E-state index contributed by atoms with van der Waals surface area (Å²) < 4.78 is 31.8. The zero-order valence-electron chi connectivity index (χ0n) is 18.3. The van der Waals surface area contributed by atoms with Gasteiger partial charge < -0.3 is 19.8 Å². The minimum atomic E-state index is -0.659. The molecule has 30 heavy (non-hydrogen) atoms. The van der Waals surface area contributed by atoms with Gasteiger partial charge in [-0.3, -0.25) is 0 Å². The van der Waals surface area contributed by atoms with Gasteiger partial charge in [-0.15, -0.1) is 0 Å². The van der Waals surface area contributed by atoms with E-state index in [4.69, 9.17) is 43.0 Å². The SMILES string of the molecule is CC.CC(Oc1cc(B2OC(C)(C)C(C)(C)O2)cnc1N)c1c(Cl)ccc(F)c1Cl. The summed E-state index contributed by atoms with van der Waals surface area (Å²) in [6, 6.07) is 4.33. The van der Waals surface area contributed by atoms with Crippen molar-refractivity contribution >= 4 is 41.6 Å². The number of halogens is 3. The van der Waals surface area contributed by atoms with Gasteiger partial charge >= 0.3 is 7.12 Å². The highest BCUT2D eigenvalue weighted by molar-refractivity contribution is 6.62. The molecule has 2 heterocycles. The fraction of sp³-hybridized carbons (Fsp3) is 0.476. The van der Waals surface area contributed by atoms with E-state index in [1.807, 2.05) is 41.5 Å². The van der Waals surface area contributed by atoms with Crippen LogP contribution in [0.2, 0.25) is 10.0 Å². The molecule has 2 N–H and O–H groups in total. The molecular weight excluding hydrogens is 429 g/mol. The number of nitrogens with zero attached hydrogens (tertiary/aromatic N) is 1. The van der Waals surface area contributed by atoms with E-state index < -0.39 is 30.2 Å². The molecule has 1 aliphatic heterocycles. The third kappa shape index (κ3) is 4.85. The normalized spacial score (nSPS) is 17.9. The molecule has 1 aliphatic rings. The van der Waals surface area contributed by atoms with Crippen LogP contribution in [-0.4, -0.2) is 23.3 Å². The smallest absolute Gasteiger partial charge is 0.482 e. The quantitative estimate of drug-likeness (QED) is 0.480. The number of hydrogen-bond donors (Lipinski definition) is 1. The van der Waals surface area contributed by atoms with Crippen LogP contribution in [0.15, 0.2) is 24.4 Å². The number of ether oxygens (including phenoxy) is 1. The van der Waals surface area contributed by atoms with Crippen LogP contribution in [0.25, 0.3) is 0 Å². The molecule has 164 valence electrons. The summed E-state index contributed by atoms with van der Waals surface area (Å²) in [6.07, 6.45) is 0.922. The van der Waals surface area contributed by atoms with E-state index in [1.165, 1.54) is 12.1 Å². The lowest BCUT2D eigenvalue weighted by molar-refractivity contribution is 0.00578. The first kappa shape index (κ1) is 24.7. The van der Waals surface area contributed by atoms with Crippen molar-refractivity contribution < 1.29 is 18.4 Å². The van der Waals surface area contributed by atoms with Crippen LogP contribution in [0.1, 0.15) is 60.1 Å². The highest BCUT2D eigenvalue weighted by Gasteiger charge is 2.52. The van der Waals surface area contributed by atoms with Crippen LogP contribution in [0.4, 0.5) is 10.2 Å². The van der Waals surface area contributed by atoms with Gasteiger partial charge in [0.15, 0.2) is 11.6 Å². The maximum atomic E-state index is 13.8. The minimum absolute atomic E-state index is 0.0892. The van der Waals surface area contributed by atoms with E-state index in [2.05, 4.69) is 4.98 Å². The number of nitrogen functional groups attached to an aromatic ring is 1. The number of anilines is 1. The predicted octanol–water partition coefficient (Wildman–Crippen LogP) is 5.58. The maximum absolute atomic E-state index is 13.8. The summed E-state index contributed by atoms with van der Waals surface area (Å²) in [5.74, 6) is -0.0968. The Morgan fingerprint density at radius 3 is 2.27 bits per heavy atom. The van der Waals surface area contributed by atoms with Crippen molar-refractivity contribution in [1.82, 2.24) is 4.98 Å². The lowest BCUT2D eigenvalue weighted by Crippen LogP contribution is -2.41. The van der Waals surface area contributed by atoms with Crippen LogP contribution in [0.3, 0.4) is 0 Å². The fourth-order valence-corrected chi connectivity index (χ4v) is 3.52. The number of pyridine rings is 1. The molecule has 3 rings (SSSR count). The lowest BCUT2D eigenvalue weighted by Gasteiger charge is -2.32. The molecule has 0 aliphatic carbocycles. The fourth-order valence-electron chi connectivity index (χ4n) is 2.84. The van der Waals surface area contributed by atoms with E-state index in [0.717, 1.165) is 0 Å². The topological polar surface area (TPSA) is 66.6 Å². The zero-order chi connectivity index (χ0) is 22.9. The standard InChI is InChI=1S/C19H22BCl2FN2O3.C2H6/c1-10(15-12(21)6-7-13(23)16(15)22)26-14-8-11(9-25-17(14)24)20-27-18(2,3)19(4,5)28-20;1-2/h6-10H,1-5H3,(H2,24,25);1-2H3. The summed E-state index contributed by atoms with van der Waals surface area (Å²) in [4.78, 5) is 4.18. The van der Waals surface area contributed by atoms with Crippen molar-refractivity contribution in [1.29, 1.82) is 0 Å². The van der Waals surface area contributed by atoms with Crippen molar-refractivity contribution in [2.24, 2.45) is 0 Å². The molecule has 1 aromatic heterocycles. The first-order chi connectivity index (χ1) is 13.9. The average molecular weight is 457 g/mol. The van der Waals surface area contributed by atoms with E-state index >= 15 is 0 Å². The van der Waals surface area contributed by atoms with Gasteiger partial charge in [0, 0.05) is 22.2 Å². The van der Waals surface area contributed by atoms with Gasteiger partial charge in [-0.05, 0) is 52.8 Å². The molecule has 1 fully saturated rings. The molecule has 2 aromatic rings. The van der Waals surface area contributed by atoms with Crippen LogP contribution in [0, 0.1) is 5.82 Å². The Hall–Kier alpha value is -1.54. The van der Waals surface area contributed by atoms with Gasteiger partial charge in [-0.2, -0.15) is 0 Å². The molecule has 0 saturated carbocycles. The molecule has 1 unspecified atom stereocenters. The van der Waals surface area contributed by atoms with E-state index in [0.29, 0.717) is 21.8 Å². The highest BCUT2D eigenvalue weighted by Crippen LogP contribution is 2.38.